The molecule has 27 heavy (non-hydrogen) atoms. The molecule has 3 rings (SSSR count). The fourth-order valence-electron chi connectivity index (χ4n) is 2.92. The highest BCUT2D eigenvalue weighted by atomic mass is 16.2. The Morgan fingerprint density at radius 1 is 1.11 bits per heavy atom. The van der Waals surface area contributed by atoms with Crippen molar-refractivity contribution in [3.63, 3.8) is 0 Å². The van der Waals surface area contributed by atoms with Gasteiger partial charge >= 0.3 is 0 Å². The summed E-state index contributed by atoms with van der Waals surface area (Å²) in [4.78, 5) is 31.5. The van der Waals surface area contributed by atoms with Gasteiger partial charge in [-0.2, -0.15) is 0 Å². The first-order valence-corrected chi connectivity index (χ1v) is 9.16. The number of aromatic nitrogens is 2. The van der Waals surface area contributed by atoms with Crippen molar-refractivity contribution in [1.29, 1.82) is 0 Å². The highest BCUT2D eigenvalue weighted by molar-refractivity contribution is 6.02. The summed E-state index contributed by atoms with van der Waals surface area (Å²) < 4.78 is 1.68. The van der Waals surface area contributed by atoms with Crippen LogP contribution >= 0.6 is 0 Å². The van der Waals surface area contributed by atoms with Gasteiger partial charge in [-0.25, -0.2) is 4.98 Å². The molecule has 2 amide bonds. The van der Waals surface area contributed by atoms with E-state index >= 15 is 0 Å². The summed E-state index contributed by atoms with van der Waals surface area (Å²) in [6, 6.07) is 15.2. The van der Waals surface area contributed by atoms with Gasteiger partial charge in [0, 0.05) is 26.3 Å². The fourth-order valence-corrected chi connectivity index (χ4v) is 2.92. The van der Waals surface area contributed by atoms with E-state index in [0.29, 0.717) is 18.6 Å². The lowest BCUT2D eigenvalue weighted by molar-refractivity contribution is 0.0772. The highest BCUT2D eigenvalue weighted by Gasteiger charge is 2.23. The molecule has 0 fully saturated rings. The number of rotatable bonds is 7. The number of imidazole rings is 1. The normalized spacial score (nSPS) is 10.7. The van der Waals surface area contributed by atoms with E-state index in [2.05, 4.69) is 17.2 Å². The predicted octanol–water partition coefficient (Wildman–Crippen LogP) is 3.14. The van der Waals surface area contributed by atoms with Crippen LogP contribution in [0, 0.1) is 0 Å². The van der Waals surface area contributed by atoms with E-state index < -0.39 is 0 Å². The Morgan fingerprint density at radius 3 is 2.59 bits per heavy atom. The number of carbonyl (C=O) groups is 2. The zero-order chi connectivity index (χ0) is 19.2. The van der Waals surface area contributed by atoms with E-state index in [0.717, 1.165) is 18.4 Å². The number of nitrogens with zero attached hydrogens (tertiary/aromatic N) is 3. The van der Waals surface area contributed by atoms with Crippen LogP contribution in [0.15, 0.2) is 54.7 Å². The van der Waals surface area contributed by atoms with E-state index in [9.17, 15) is 9.59 Å². The van der Waals surface area contributed by atoms with Crippen molar-refractivity contribution in [1.82, 2.24) is 19.6 Å². The van der Waals surface area contributed by atoms with Gasteiger partial charge in [0.2, 0.25) is 5.82 Å². The molecule has 0 aliphatic carbocycles. The average molecular weight is 364 g/mol. The molecule has 2 heterocycles. The van der Waals surface area contributed by atoms with Crippen LogP contribution in [-0.4, -0.2) is 39.7 Å². The third kappa shape index (κ3) is 4.16. The SMILES string of the molecule is CCCCNC(=O)c1nc(C(=O)N(C)Cc2ccccc2)n2ccccc12. The Kier molecular flexibility index (Phi) is 5.86. The standard InChI is InChI=1S/C21H24N4O2/c1-3-4-13-22-20(26)18-17-12-8-9-14-25(17)19(23-18)21(27)24(2)15-16-10-6-5-7-11-16/h5-12,14H,3-4,13,15H2,1-2H3,(H,22,26). The van der Waals surface area contributed by atoms with Crippen molar-refractivity contribution in [3.8, 4) is 0 Å². The van der Waals surface area contributed by atoms with Crippen molar-refractivity contribution < 1.29 is 9.59 Å². The van der Waals surface area contributed by atoms with Crippen LogP contribution in [0.3, 0.4) is 0 Å². The molecule has 0 spiro atoms. The molecular weight excluding hydrogens is 340 g/mol. The zero-order valence-electron chi connectivity index (χ0n) is 15.7. The molecule has 0 saturated heterocycles. The summed E-state index contributed by atoms with van der Waals surface area (Å²) in [5.41, 5.74) is 1.94. The number of carbonyl (C=O) groups excluding carboxylic acids is 2. The molecule has 0 bridgehead atoms. The lowest BCUT2D eigenvalue weighted by Gasteiger charge is -2.16. The molecule has 0 saturated carbocycles. The van der Waals surface area contributed by atoms with Crippen molar-refractivity contribution in [3.05, 3.63) is 71.8 Å². The molecule has 1 aromatic carbocycles. The van der Waals surface area contributed by atoms with E-state index in [1.165, 1.54) is 0 Å². The zero-order valence-corrected chi connectivity index (χ0v) is 15.7. The second-order valence-corrected chi connectivity index (χ2v) is 6.50. The first kappa shape index (κ1) is 18.6. The van der Waals surface area contributed by atoms with Gasteiger partial charge in [-0.05, 0) is 24.1 Å². The number of amides is 2. The number of hydrogen-bond donors (Lipinski definition) is 1. The van der Waals surface area contributed by atoms with E-state index in [4.69, 9.17) is 0 Å². The molecule has 140 valence electrons. The Hall–Kier alpha value is -3.15. The largest absolute Gasteiger partial charge is 0.351 e. The Balaban J connectivity index is 1.87. The van der Waals surface area contributed by atoms with Gasteiger partial charge in [0.05, 0.1) is 5.52 Å². The Labute approximate surface area is 158 Å². The average Bonchev–Trinajstić information content (AvgIpc) is 3.08. The number of hydrogen-bond acceptors (Lipinski definition) is 3. The minimum atomic E-state index is -0.253. The number of pyridine rings is 1. The van der Waals surface area contributed by atoms with E-state index in [1.807, 2.05) is 42.5 Å². The van der Waals surface area contributed by atoms with E-state index in [1.54, 1.807) is 28.6 Å². The molecule has 0 radical (unpaired) electrons. The van der Waals surface area contributed by atoms with Crippen LogP contribution in [0.25, 0.3) is 5.52 Å². The lowest BCUT2D eigenvalue weighted by atomic mass is 10.2. The maximum atomic E-state index is 13.0. The summed E-state index contributed by atoms with van der Waals surface area (Å²) in [5, 5.41) is 2.87. The van der Waals surface area contributed by atoms with Crippen LogP contribution in [0.5, 0.6) is 0 Å². The molecule has 0 aliphatic rings. The molecule has 6 nitrogen and oxygen atoms in total. The second kappa shape index (κ2) is 8.49. The van der Waals surface area contributed by atoms with Crippen molar-refractivity contribution in [2.45, 2.75) is 26.3 Å². The predicted molar refractivity (Wildman–Crippen MR) is 105 cm³/mol. The minimum Gasteiger partial charge on any atom is -0.351 e. The number of unbranched alkanes of at least 4 members (excludes halogenated alkanes) is 1. The highest BCUT2D eigenvalue weighted by Crippen LogP contribution is 2.15. The second-order valence-electron chi connectivity index (χ2n) is 6.50. The minimum absolute atomic E-state index is 0.229. The summed E-state index contributed by atoms with van der Waals surface area (Å²) >= 11 is 0. The first-order chi connectivity index (χ1) is 13.1. The molecule has 0 atom stereocenters. The maximum Gasteiger partial charge on any atom is 0.290 e. The van der Waals surface area contributed by atoms with Gasteiger partial charge in [0.25, 0.3) is 11.8 Å². The molecule has 2 aromatic heterocycles. The molecule has 6 heteroatoms. The van der Waals surface area contributed by atoms with Crippen LogP contribution < -0.4 is 5.32 Å². The van der Waals surface area contributed by atoms with Crippen LogP contribution in [-0.2, 0) is 6.54 Å². The monoisotopic (exact) mass is 364 g/mol. The van der Waals surface area contributed by atoms with Gasteiger partial charge in [0.1, 0.15) is 0 Å². The van der Waals surface area contributed by atoms with Gasteiger partial charge in [-0.15, -0.1) is 0 Å². The number of benzene rings is 1. The molecule has 3 aromatic rings. The van der Waals surface area contributed by atoms with E-state index in [-0.39, 0.29) is 23.3 Å². The van der Waals surface area contributed by atoms with Crippen LogP contribution in [0.2, 0.25) is 0 Å². The maximum absolute atomic E-state index is 13.0. The molecule has 0 aliphatic heterocycles. The Morgan fingerprint density at radius 2 is 1.85 bits per heavy atom. The van der Waals surface area contributed by atoms with Crippen LogP contribution in [0.4, 0.5) is 0 Å². The summed E-state index contributed by atoms with van der Waals surface area (Å²) in [6.07, 6.45) is 3.66. The topological polar surface area (TPSA) is 66.7 Å². The number of nitrogens with one attached hydrogen (secondary N) is 1. The van der Waals surface area contributed by atoms with Crippen molar-refractivity contribution >= 4 is 17.3 Å². The first-order valence-electron chi connectivity index (χ1n) is 9.16. The van der Waals surface area contributed by atoms with Gasteiger partial charge in [-0.1, -0.05) is 49.7 Å². The van der Waals surface area contributed by atoms with Crippen LogP contribution in [0.1, 0.15) is 46.4 Å². The van der Waals surface area contributed by atoms with Crippen molar-refractivity contribution in [2.75, 3.05) is 13.6 Å². The summed E-state index contributed by atoms with van der Waals surface area (Å²) in [6.45, 7) is 3.13. The van der Waals surface area contributed by atoms with Gasteiger partial charge in [-0.3, -0.25) is 14.0 Å². The van der Waals surface area contributed by atoms with Gasteiger partial charge < -0.3 is 10.2 Å². The Bertz CT molecular complexity index is 934. The quantitative estimate of drug-likeness (QED) is 0.655. The molecule has 1 N–H and O–H groups in total. The smallest absolute Gasteiger partial charge is 0.290 e. The van der Waals surface area contributed by atoms with Crippen molar-refractivity contribution in [2.24, 2.45) is 0 Å². The molecular formula is C21H24N4O2. The summed E-state index contributed by atoms with van der Waals surface area (Å²) in [7, 11) is 1.74. The van der Waals surface area contributed by atoms with Gasteiger partial charge in [0.15, 0.2) is 5.69 Å². The summed E-state index contributed by atoms with van der Waals surface area (Å²) in [5.74, 6) is -0.241. The fraction of sp³-hybridized carbons (Fsp3) is 0.286. The molecule has 0 unspecified atom stereocenters. The third-order valence-electron chi connectivity index (χ3n) is 4.38. The third-order valence-corrected chi connectivity index (χ3v) is 4.38. The lowest BCUT2D eigenvalue weighted by Crippen LogP contribution is -2.28. The number of fused-ring (bicyclic) bond motifs is 1.